The van der Waals surface area contributed by atoms with Crippen LogP contribution >= 0.6 is 11.6 Å². The summed E-state index contributed by atoms with van der Waals surface area (Å²) in [5.74, 6) is 0.127. The smallest absolute Gasteiger partial charge is 0.421 e. The SMILES string of the molecule is COC(=O)NS(=O)(=O)NCCCl. The van der Waals surface area contributed by atoms with Crippen molar-refractivity contribution >= 4 is 27.9 Å². The van der Waals surface area contributed by atoms with Gasteiger partial charge in [-0.15, -0.1) is 11.6 Å². The Bertz CT molecular complexity index is 239. The third-order valence-corrected chi connectivity index (χ3v) is 2.00. The van der Waals surface area contributed by atoms with Gasteiger partial charge in [-0.25, -0.2) is 9.52 Å². The molecule has 0 aromatic carbocycles. The number of nitrogens with one attached hydrogen (secondary N) is 2. The van der Waals surface area contributed by atoms with Crippen LogP contribution in [0, 0.1) is 0 Å². The van der Waals surface area contributed by atoms with Crippen LogP contribution in [0.4, 0.5) is 4.79 Å². The number of amides is 1. The van der Waals surface area contributed by atoms with Gasteiger partial charge in [0, 0.05) is 12.4 Å². The lowest BCUT2D eigenvalue weighted by Crippen LogP contribution is -2.40. The molecule has 0 saturated heterocycles. The number of carbonyl (C=O) groups is 1. The standard InChI is InChI=1S/C4H9ClN2O4S/c1-11-4(8)7-12(9,10)6-3-2-5/h6H,2-3H2,1H3,(H,7,8). The summed E-state index contributed by atoms with van der Waals surface area (Å²) in [6, 6.07) is 0. The molecule has 0 aromatic rings. The van der Waals surface area contributed by atoms with E-state index in [1.807, 2.05) is 4.72 Å². The van der Waals surface area contributed by atoms with Crippen molar-refractivity contribution in [3.63, 3.8) is 0 Å². The summed E-state index contributed by atoms with van der Waals surface area (Å²) >= 11 is 5.21. The van der Waals surface area contributed by atoms with Crippen molar-refractivity contribution in [3.05, 3.63) is 0 Å². The fourth-order valence-corrected chi connectivity index (χ4v) is 1.31. The van der Waals surface area contributed by atoms with Crippen molar-refractivity contribution in [2.75, 3.05) is 19.5 Å². The molecule has 6 nitrogen and oxygen atoms in total. The first-order chi connectivity index (χ1) is 5.52. The molecule has 8 heteroatoms. The highest BCUT2D eigenvalue weighted by Crippen LogP contribution is 1.80. The minimum atomic E-state index is -3.81. The summed E-state index contributed by atoms with van der Waals surface area (Å²) in [4.78, 5) is 10.4. The fourth-order valence-electron chi connectivity index (χ4n) is 0.360. The van der Waals surface area contributed by atoms with Crippen molar-refractivity contribution in [2.45, 2.75) is 0 Å². The predicted octanol–water partition coefficient (Wildman–Crippen LogP) is -0.584. The molecule has 0 heterocycles. The number of alkyl halides is 1. The van der Waals surface area contributed by atoms with Gasteiger partial charge in [-0.1, -0.05) is 0 Å². The molecule has 0 saturated carbocycles. The first kappa shape index (κ1) is 11.5. The van der Waals surface area contributed by atoms with Crippen LogP contribution in [0.15, 0.2) is 0 Å². The molecule has 12 heavy (non-hydrogen) atoms. The van der Waals surface area contributed by atoms with Gasteiger partial charge in [0.15, 0.2) is 0 Å². The van der Waals surface area contributed by atoms with Crippen molar-refractivity contribution in [1.82, 2.24) is 9.44 Å². The second-order valence-electron chi connectivity index (χ2n) is 1.68. The largest absolute Gasteiger partial charge is 0.452 e. The molecule has 0 atom stereocenters. The van der Waals surface area contributed by atoms with Gasteiger partial charge in [-0.05, 0) is 0 Å². The van der Waals surface area contributed by atoms with E-state index in [9.17, 15) is 13.2 Å². The average molecular weight is 217 g/mol. The van der Waals surface area contributed by atoms with Crippen LogP contribution in [0.5, 0.6) is 0 Å². The summed E-state index contributed by atoms with van der Waals surface area (Å²) in [7, 11) is -2.75. The van der Waals surface area contributed by atoms with Gasteiger partial charge in [-0.2, -0.15) is 13.1 Å². The van der Waals surface area contributed by atoms with Crippen LogP contribution < -0.4 is 9.44 Å². The Balaban J connectivity index is 3.96. The normalized spacial score (nSPS) is 10.8. The number of carbonyl (C=O) groups excluding carboxylic acids is 1. The summed E-state index contributed by atoms with van der Waals surface area (Å²) in [5, 5.41) is 0. The molecule has 0 aliphatic carbocycles. The molecule has 72 valence electrons. The first-order valence-corrected chi connectivity index (χ1v) is 4.95. The number of hydrogen-bond acceptors (Lipinski definition) is 4. The lowest BCUT2D eigenvalue weighted by Gasteiger charge is -2.04. The lowest BCUT2D eigenvalue weighted by molar-refractivity contribution is 0.177. The van der Waals surface area contributed by atoms with Crippen molar-refractivity contribution in [3.8, 4) is 0 Å². The minimum Gasteiger partial charge on any atom is -0.452 e. The second-order valence-corrected chi connectivity index (χ2v) is 3.56. The van der Waals surface area contributed by atoms with Gasteiger partial charge in [0.25, 0.3) is 0 Å². The first-order valence-electron chi connectivity index (χ1n) is 2.93. The van der Waals surface area contributed by atoms with Crippen molar-refractivity contribution in [2.24, 2.45) is 0 Å². The number of ether oxygens (including phenoxy) is 1. The van der Waals surface area contributed by atoms with Gasteiger partial charge in [0.2, 0.25) is 0 Å². The second kappa shape index (κ2) is 5.18. The zero-order valence-electron chi connectivity index (χ0n) is 6.33. The van der Waals surface area contributed by atoms with E-state index in [1.54, 1.807) is 4.72 Å². The van der Waals surface area contributed by atoms with Crippen LogP contribution in [-0.2, 0) is 14.9 Å². The lowest BCUT2D eigenvalue weighted by atomic mass is 10.8. The number of halogens is 1. The molecule has 0 bridgehead atoms. The van der Waals surface area contributed by atoms with Gasteiger partial charge >= 0.3 is 16.3 Å². The summed E-state index contributed by atoms with van der Waals surface area (Å²) in [6.07, 6.45) is -1.04. The maximum Gasteiger partial charge on any atom is 0.421 e. The van der Waals surface area contributed by atoms with Crippen molar-refractivity contribution in [1.29, 1.82) is 0 Å². The Morgan fingerprint density at radius 1 is 1.58 bits per heavy atom. The van der Waals surface area contributed by atoms with E-state index in [2.05, 4.69) is 4.74 Å². The quantitative estimate of drug-likeness (QED) is 0.616. The monoisotopic (exact) mass is 216 g/mol. The van der Waals surface area contributed by atoms with Crippen LogP contribution in [0.25, 0.3) is 0 Å². The zero-order chi connectivity index (χ0) is 9.61. The van der Waals surface area contributed by atoms with E-state index in [0.717, 1.165) is 7.11 Å². The highest BCUT2D eigenvalue weighted by molar-refractivity contribution is 7.88. The van der Waals surface area contributed by atoms with Crippen LogP contribution in [-0.4, -0.2) is 34.0 Å². The summed E-state index contributed by atoms with van der Waals surface area (Å²) in [6.45, 7) is 0.0495. The van der Waals surface area contributed by atoms with E-state index in [-0.39, 0.29) is 12.4 Å². The number of rotatable bonds is 4. The Hall–Kier alpha value is -0.530. The Labute approximate surface area is 75.4 Å². The average Bonchev–Trinajstić information content (AvgIpc) is 2.00. The molecule has 1 amide bonds. The molecular formula is C4H9ClN2O4S. The molecule has 0 unspecified atom stereocenters. The Morgan fingerprint density at radius 2 is 2.17 bits per heavy atom. The summed E-state index contributed by atoms with van der Waals surface area (Å²) in [5.41, 5.74) is 0. The molecule has 0 rings (SSSR count). The third-order valence-electron chi connectivity index (χ3n) is 0.790. The van der Waals surface area contributed by atoms with E-state index in [4.69, 9.17) is 11.6 Å². The van der Waals surface area contributed by atoms with E-state index < -0.39 is 16.3 Å². The topological polar surface area (TPSA) is 84.5 Å². The van der Waals surface area contributed by atoms with Gasteiger partial charge in [-0.3, -0.25) is 0 Å². The molecule has 0 spiro atoms. The third kappa shape index (κ3) is 5.16. The molecular weight excluding hydrogens is 208 g/mol. The highest BCUT2D eigenvalue weighted by atomic mass is 35.5. The number of hydrogen-bond donors (Lipinski definition) is 2. The maximum atomic E-state index is 10.8. The van der Waals surface area contributed by atoms with Crippen LogP contribution in [0.3, 0.4) is 0 Å². The molecule has 2 N–H and O–H groups in total. The Kier molecular flexibility index (Phi) is 4.95. The maximum absolute atomic E-state index is 10.8. The molecule has 0 aliphatic rings. The van der Waals surface area contributed by atoms with Gasteiger partial charge in [0.05, 0.1) is 7.11 Å². The minimum absolute atomic E-state index is 0.0495. The molecule has 0 fully saturated rings. The van der Waals surface area contributed by atoms with Gasteiger partial charge < -0.3 is 4.74 Å². The molecule has 0 aliphatic heterocycles. The molecule has 0 radical (unpaired) electrons. The highest BCUT2D eigenvalue weighted by Gasteiger charge is 2.12. The molecule has 0 aromatic heterocycles. The Morgan fingerprint density at radius 3 is 2.58 bits per heavy atom. The summed E-state index contributed by atoms with van der Waals surface area (Å²) < 4.78 is 29.2. The van der Waals surface area contributed by atoms with E-state index in [1.165, 1.54) is 0 Å². The van der Waals surface area contributed by atoms with Crippen LogP contribution in [0.2, 0.25) is 0 Å². The van der Waals surface area contributed by atoms with Crippen molar-refractivity contribution < 1.29 is 17.9 Å². The predicted molar refractivity (Wildman–Crippen MR) is 43.2 cm³/mol. The van der Waals surface area contributed by atoms with E-state index >= 15 is 0 Å². The number of methoxy groups -OCH3 is 1. The zero-order valence-corrected chi connectivity index (χ0v) is 7.91. The van der Waals surface area contributed by atoms with Gasteiger partial charge in [0.1, 0.15) is 0 Å². The van der Waals surface area contributed by atoms with Crippen LogP contribution in [0.1, 0.15) is 0 Å². The fraction of sp³-hybridized carbons (Fsp3) is 0.750. The van der Waals surface area contributed by atoms with E-state index in [0.29, 0.717) is 0 Å².